The van der Waals surface area contributed by atoms with Crippen molar-refractivity contribution in [1.29, 1.82) is 0 Å². The molecular weight excluding hydrogens is 268 g/mol. The van der Waals surface area contributed by atoms with Crippen LogP contribution >= 0.6 is 0 Å². The van der Waals surface area contributed by atoms with Crippen LogP contribution in [0.1, 0.15) is 25.5 Å². The van der Waals surface area contributed by atoms with Crippen molar-refractivity contribution in [2.24, 2.45) is 5.92 Å². The Morgan fingerprint density at radius 2 is 2.00 bits per heavy atom. The van der Waals surface area contributed by atoms with Crippen molar-refractivity contribution < 1.29 is 14.3 Å². The van der Waals surface area contributed by atoms with E-state index in [1.807, 2.05) is 51.2 Å². The minimum Gasteiger partial charge on any atom is -0.365 e. The van der Waals surface area contributed by atoms with Crippen LogP contribution in [0.4, 0.5) is 0 Å². The van der Waals surface area contributed by atoms with Crippen LogP contribution in [0, 0.1) is 5.92 Å². The molecule has 0 radical (unpaired) electrons. The Kier molecular flexibility index (Phi) is 7.64. The molecule has 1 unspecified atom stereocenters. The summed E-state index contributed by atoms with van der Waals surface area (Å²) in [5.41, 5.74) is 0.823. The van der Waals surface area contributed by atoms with Gasteiger partial charge in [-0.2, -0.15) is 0 Å². The maximum Gasteiger partial charge on any atom is 0.207 e. The standard InChI is InChI=1S/C12H15NO2.C4H9NO/c1-9(2)12(15)11(13-8-14)10-6-4-3-5-7-10;1-5-2-3-6-4-5/h3-9,11H,1-2H3,(H,13,14);2-4H2,1H3. The summed E-state index contributed by atoms with van der Waals surface area (Å²) in [7, 11) is 2.05. The van der Waals surface area contributed by atoms with E-state index in [0.29, 0.717) is 6.41 Å². The Morgan fingerprint density at radius 3 is 2.38 bits per heavy atom. The van der Waals surface area contributed by atoms with Gasteiger partial charge in [0.25, 0.3) is 0 Å². The van der Waals surface area contributed by atoms with E-state index >= 15 is 0 Å². The molecule has 1 saturated heterocycles. The predicted molar refractivity (Wildman–Crippen MR) is 81.7 cm³/mol. The lowest BCUT2D eigenvalue weighted by Crippen LogP contribution is -2.30. The Hall–Kier alpha value is -1.72. The number of benzene rings is 1. The van der Waals surface area contributed by atoms with Gasteiger partial charge in [0.05, 0.1) is 13.3 Å². The number of amides is 1. The van der Waals surface area contributed by atoms with Gasteiger partial charge in [-0.15, -0.1) is 0 Å². The first-order chi connectivity index (χ1) is 10.1. The van der Waals surface area contributed by atoms with E-state index in [1.54, 1.807) is 0 Å². The maximum atomic E-state index is 11.8. The maximum absolute atomic E-state index is 11.8. The van der Waals surface area contributed by atoms with E-state index in [-0.39, 0.29) is 11.7 Å². The molecule has 21 heavy (non-hydrogen) atoms. The van der Waals surface area contributed by atoms with Crippen LogP contribution in [0.15, 0.2) is 30.3 Å². The lowest BCUT2D eigenvalue weighted by atomic mass is 9.96. The highest BCUT2D eigenvalue weighted by atomic mass is 16.5. The number of carbonyl (C=O) groups is 2. The van der Waals surface area contributed by atoms with Crippen molar-refractivity contribution in [2.75, 3.05) is 26.9 Å². The smallest absolute Gasteiger partial charge is 0.207 e. The van der Waals surface area contributed by atoms with E-state index in [2.05, 4.69) is 10.2 Å². The van der Waals surface area contributed by atoms with Crippen molar-refractivity contribution in [3.63, 3.8) is 0 Å². The fourth-order valence-corrected chi connectivity index (χ4v) is 1.89. The zero-order valence-corrected chi connectivity index (χ0v) is 12.9. The Morgan fingerprint density at radius 1 is 1.33 bits per heavy atom. The van der Waals surface area contributed by atoms with Gasteiger partial charge in [-0.3, -0.25) is 14.5 Å². The molecule has 1 aliphatic rings. The van der Waals surface area contributed by atoms with Gasteiger partial charge in [0, 0.05) is 12.5 Å². The summed E-state index contributed by atoms with van der Waals surface area (Å²) in [6.45, 7) is 6.48. The number of carbonyl (C=O) groups excluding carboxylic acids is 2. The molecule has 1 fully saturated rings. The number of likely N-dealkylation sites (N-methyl/N-ethyl adjacent to an activating group) is 1. The number of ether oxygens (including phenoxy) is 1. The molecule has 1 aromatic rings. The quantitative estimate of drug-likeness (QED) is 0.838. The predicted octanol–water partition coefficient (Wildman–Crippen LogP) is 1.60. The minimum absolute atomic E-state index is 0.0216. The van der Waals surface area contributed by atoms with Crippen molar-refractivity contribution in [3.05, 3.63) is 35.9 Å². The molecule has 1 heterocycles. The summed E-state index contributed by atoms with van der Waals surface area (Å²) in [6.07, 6.45) is 0.567. The number of ketones is 1. The number of hydrogen-bond acceptors (Lipinski definition) is 4. The highest BCUT2D eigenvalue weighted by molar-refractivity contribution is 5.88. The Balaban J connectivity index is 0.000000304. The van der Waals surface area contributed by atoms with Crippen LogP contribution < -0.4 is 5.32 Å². The summed E-state index contributed by atoms with van der Waals surface area (Å²) in [4.78, 5) is 24.4. The summed E-state index contributed by atoms with van der Waals surface area (Å²) in [6, 6.07) is 8.72. The summed E-state index contributed by atoms with van der Waals surface area (Å²) in [5.74, 6) is -0.0732. The average Bonchev–Trinajstić information content (AvgIpc) is 2.96. The topological polar surface area (TPSA) is 58.6 Å². The molecule has 1 aliphatic heterocycles. The number of nitrogens with one attached hydrogen (secondary N) is 1. The second-order valence-electron chi connectivity index (χ2n) is 5.30. The van der Waals surface area contributed by atoms with Crippen LogP contribution in [0.25, 0.3) is 0 Å². The number of nitrogens with zero attached hydrogens (tertiary/aromatic N) is 1. The highest BCUT2D eigenvalue weighted by Gasteiger charge is 2.21. The van der Waals surface area contributed by atoms with E-state index in [1.165, 1.54) is 0 Å². The van der Waals surface area contributed by atoms with Crippen molar-refractivity contribution in [1.82, 2.24) is 10.2 Å². The van der Waals surface area contributed by atoms with Crippen LogP contribution in [-0.4, -0.2) is 44.0 Å². The average molecular weight is 292 g/mol. The molecule has 0 aromatic heterocycles. The molecule has 116 valence electrons. The fourth-order valence-electron chi connectivity index (χ4n) is 1.89. The summed E-state index contributed by atoms with van der Waals surface area (Å²) in [5, 5.41) is 2.55. The first-order valence-electron chi connectivity index (χ1n) is 7.11. The summed E-state index contributed by atoms with van der Waals surface area (Å²) >= 11 is 0. The first kappa shape index (κ1) is 17.3. The number of hydrogen-bond donors (Lipinski definition) is 1. The molecule has 1 aromatic carbocycles. The normalized spacial score (nSPS) is 16.0. The van der Waals surface area contributed by atoms with Gasteiger partial charge in [-0.05, 0) is 12.6 Å². The van der Waals surface area contributed by atoms with Crippen LogP contribution in [0.3, 0.4) is 0 Å². The zero-order chi connectivity index (χ0) is 15.7. The van der Waals surface area contributed by atoms with E-state index < -0.39 is 6.04 Å². The lowest BCUT2D eigenvalue weighted by Gasteiger charge is -2.17. The first-order valence-corrected chi connectivity index (χ1v) is 7.11. The molecule has 1 N–H and O–H groups in total. The zero-order valence-electron chi connectivity index (χ0n) is 12.9. The Bertz CT molecular complexity index is 428. The monoisotopic (exact) mass is 292 g/mol. The third kappa shape index (κ3) is 6.06. The van der Waals surface area contributed by atoms with Crippen molar-refractivity contribution in [3.8, 4) is 0 Å². The van der Waals surface area contributed by atoms with Gasteiger partial charge in [0.15, 0.2) is 5.78 Å². The van der Waals surface area contributed by atoms with Crippen LogP contribution in [0.5, 0.6) is 0 Å². The van der Waals surface area contributed by atoms with Gasteiger partial charge in [0.1, 0.15) is 6.04 Å². The largest absolute Gasteiger partial charge is 0.365 e. The molecule has 0 bridgehead atoms. The molecule has 0 saturated carbocycles. The van der Waals surface area contributed by atoms with Gasteiger partial charge in [-0.25, -0.2) is 0 Å². The van der Waals surface area contributed by atoms with Gasteiger partial charge in [-0.1, -0.05) is 44.2 Å². The van der Waals surface area contributed by atoms with E-state index in [4.69, 9.17) is 4.74 Å². The molecule has 2 rings (SSSR count). The number of Topliss-reactive ketones (excluding diaryl/α,β-unsaturated/α-hetero) is 1. The SMILES string of the molecule is CC(C)C(=O)C(NC=O)c1ccccc1.CN1CCOC1. The molecule has 1 atom stereocenters. The molecule has 5 nitrogen and oxygen atoms in total. The molecule has 0 spiro atoms. The minimum atomic E-state index is -0.524. The highest BCUT2D eigenvalue weighted by Crippen LogP contribution is 2.16. The molecule has 0 aliphatic carbocycles. The van der Waals surface area contributed by atoms with Crippen LogP contribution in [-0.2, 0) is 14.3 Å². The summed E-state index contributed by atoms with van der Waals surface area (Å²) < 4.78 is 4.98. The van der Waals surface area contributed by atoms with Gasteiger partial charge >= 0.3 is 0 Å². The van der Waals surface area contributed by atoms with E-state index in [0.717, 1.165) is 25.4 Å². The second kappa shape index (κ2) is 9.26. The second-order valence-corrected chi connectivity index (χ2v) is 5.30. The van der Waals surface area contributed by atoms with Gasteiger partial charge in [0.2, 0.25) is 6.41 Å². The molecule has 5 heteroatoms. The van der Waals surface area contributed by atoms with E-state index in [9.17, 15) is 9.59 Å². The fraction of sp³-hybridized carbons (Fsp3) is 0.500. The lowest BCUT2D eigenvalue weighted by molar-refractivity contribution is -0.126. The molecule has 1 amide bonds. The van der Waals surface area contributed by atoms with Crippen molar-refractivity contribution in [2.45, 2.75) is 19.9 Å². The van der Waals surface area contributed by atoms with Gasteiger partial charge < -0.3 is 10.1 Å². The molecular formula is C16H24N2O3. The third-order valence-electron chi connectivity index (χ3n) is 3.15. The van der Waals surface area contributed by atoms with Crippen LogP contribution in [0.2, 0.25) is 0 Å². The van der Waals surface area contributed by atoms with Crippen molar-refractivity contribution >= 4 is 12.2 Å². The third-order valence-corrected chi connectivity index (χ3v) is 3.15. The Labute approximate surface area is 126 Å². The number of rotatable bonds is 5.